The van der Waals surface area contributed by atoms with Gasteiger partial charge in [-0.25, -0.2) is 4.98 Å². The van der Waals surface area contributed by atoms with E-state index in [0.717, 1.165) is 45.8 Å². The van der Waals surface area contributed by atoms with Crippen molar-refractivity contribution in [3.05, 3.63) is 48.2 Å². The summed E-state index contributed by atoms with van der Waals surface area (Å²) in [6.45, 7) is 5.51. The number of hydrogen-bond acceptors (Lipinski definition) is 3. The minimum absolute atomic E-state index is 0.172. The van der Waals surface area contributed by atoms with Gasteiger partial charge in [-0.15, -0.1) is 11.8 Å². The standard InChI is InChI=1S/C19H19N3OS/c1-3-22(4-2)19(23)17-15-13-9-7-11-20-18(13)21-16(15)12-8-5-6-10-14(12)24-17/h5-11,17H,3-4H2,1-2H3,(H,20,21). The molecular weight excluding hydrogens is 318 g/mol. The van der Waals surface area contributed by atoms with E-state index in [4.69, 9.17) is 0 Å². The summed E-state index contributed by atoms with van der Waals surface area (Å²) in [4.78, 5) is 24.1. The number of H-pyrrole nitrogens is 1. The van der Waals surface area contributed by atoms with E-state index in [1.165, 1.54) is 0 Å². The smallest absolute Gasteiger partial charge is 0.240 e. The molecule has 2 aromatic heterocycles. The number of benzene rings is 1. The van der Waals surface area contributed by atoms with Crippen molar-refractivity contribution in [1.29, 1.82) is 0 Å². The summed E-state index contributed by atoms with van der Waals surface area (Å²) in [5, 5.41) is 0.813. The number of carbonyl (C=O) groups excluding carboxylic acids is 1. The second-order valence-electron chi connectivity index (χ2n) is 5.82. The van der Waals surface area contributed by atoms with Crippen LogP contribution in [-0.4, -0.2) is 33.9 Å². The summed E-state index contributed by atoms with van der Waals surface area (Å²) in [6, 6.07) is 12.2. The lowest BCUT2D eigenvalue weighted by atomic mass is 10.0. The number of nitrogens with one attached hydrogen (secondary N) is 1. The topological polar surface area (TPSA) is 49.0 Å². The van der Waals surface area contributed by atoms with Gasteiger partial charge in [-0.3, -0.25) is 4.79 Å². The highest BCUT2D eigenvalue weighted by Crippen LogP contribution is 2.51. The van der Waals surface area contributed by atoms with Gasteiger partial charge in [0.2, 0.25) is 5.91 Å². The third-order valence-electron chi connectivity index (χ3n) is 4.57. The van der Waals surface area contributed by atoms with Crippen LogP contribution in [0.5, 0.6) is 0 Å². The van der Waals surface area contributed by atoms with E-state index in [1.807, 2.05) is 36.9 Å². The van der Waals surface area contributed by atoms with Crippen molar-refractivity contribution < 1.29 is 4.79 Å². The Bertz CT molecular complexity index is 914. The van der Waals surface area contributed by atoms with E-state index >= 15 is 0 Å². The molecule has 0 bridgehead atoms. The zero-order valence-electron chi connectivity index (χ0n) is 13.7. The fraction of sp³-hybridized carbons (Fsp3) is 0.263. The van der Waals surface area contributed by atoms with Crippen LogP contribution in [-0.2, 0) is 4.79 Å². The SMILES string of the molecule is CCN(CC)C(=O)C1Sc2ccccc2-c2[nH]c3ncccc3c21. The van der Waals surface area contributed by atoms with Crippen LogP contribution in [0.2, 0.25) is 0 Å². The van der Waals surface area contributed by atoms with Gasteiger partial charge in [0.15, 0.2) is 0 Å². The number of amides is 1. The number of nitrogens with zero attached hydrogens (tertiary/aromatic N) is 2. The average molecular weight is 337 g/mol. The van der Waals surface area contributed by atoms with Crippen LogP contribution in [0.15, 0.2) is 47.5 Å². The highest BCUT2D eigenvalue weighted by Gasteiger charge is 2.35. The first-order valence-electron chi connectivity index (χ1n) is 8.26. The number of aromatic nitrogens is 2. The van der Waals surface area contributed by atoms with E-state index < -0.39 is 0 Å². The number of rotatable bonds is 3. The van der Waals surface area contributed by atoms with Crippen LogP contribution in [0.1, 0.15) is 24.7 Å². The largest absolute Gasteiger partial charge is 0.342 e. The van der Waals surface area contributed by atoms with Crippen LogP contribution in [0.3, 0.4) is 0 Å². The molecule has 122 valence electrons. The minimum atomic E-state index is -0.229. The molecule has 0 radical (unpaired) electrons. The van der Waals surface area contributed by atoms with Crippen molar-refractivity contribution in [2.24, 2.45) is 0 Å². The monoisotopic (exact) mass is 337 g/mol. The van der Waals surface area contributed by atoms with Crippen molar-refractivity contribution >= 4 is 28.7 Å². The van der Waals surface area contributed by atoms with E-state index in [-0.39, 0.29) is 11.2 Å². The van der Waals surface area contributed by atoms with Crippen molar-refractivity contribution in [2.75, 3.05) is 13.1 Å². The van der Waals surface area contributed by atoms with Crippen molar-refractivity contribution in [2.45, 2.75) is 24.0 Å². The van der Waals surface area contributed by atoms with Gasteiger partial charge in [-0.05, 0) is 32.0 Å². The Morgan fingerprint density at radius 1 is 1.21 bits per heavy atom. The first-order chi connectivity index (χ1) is 11.7. The number of pyridine rings is 1. The van der Waals surface area contributed by atoms with E-state index in [2.05, 4.69) is 28.2 Å². The van der Waals surface area contributed by atoms with Gasteiger partial charge in [0.25, 0.3) is 0 Å². The van der Waals surface area contributed by atoms with Gasteiger partial charge in [0.1, 0.15) is 10.9 Å². The molecular formula is C19H19N3OS. The summed E-state index contributed by atoms with van der Waals surface area (Å²) >= 11 is 1.65. The van der Waals surface area contributed by atoms with Gasteiger partial charge >= 0.3 is 0 Å². The number of carbonyl (C=O) groups is 1. The Morgan fingerprint density at radius 2 is 2.00 bits per heavy atom. The van der Waals surface area contributed by atoms with Crippen molar-refractivity contribution in [1.82, 2.24) is 14.9 Å². The maximum Gasteiger partial charge on any atom is 0.240 e. The lowest BCUT2D eigenvalue weighted by Gasteiger charge is -2.29. The Labute approximate surface area is 145 Å². The minimum Gasteiger partial charge on any atom is -0.342 e. The van der Waals surface area contributed by atoms with Gasteiger partial charge < -0.3 is 9.88 Å². The first kappa shape index (κ1) is 15.3. The van der Waals surface area contributed by atoms with Crippen molar-refractivity contribution in [3.63, 3.8) is 0 Å². The molecule has 5 heteroatoms. The summed E-state index contributed by atoms with van der Waals surface area (Å²) < 4.78 is 0. The summed E-state index contributed by atoms with van der Waals surface area (Å²) in [5.74, 6) is 0.172. The lowest BCUT2D eigenvalue weighted by molar-refractivity contribution is -0.130. The quantitative estimate of drug-likeness (QED) is 0.777. The molecule has 1 unspecified atom stereocenters. The van der Waals surface area contributed by atoms with E-state index in [1.54, 1.807) is 18.0 Å². The molecule has 4 nitrogen and oxygen atoms in total. The summed E-state index contributed by atoms with van der Waals surface area (Å²) in [5.41, 5.74) is 4.10. The molecule has 4 rings (SSSR count). The molecule has 3 aromatic rings. The fourth-order valence-electron chi connectivity index (χ4n) is 3.36. The van der Waals surface area contributed by atoms with Gasteiger partial charge in [-0.2, -0.15) is 0 Å². The number of likely N-dealkylation sites (N-methyl/N-ethyl adjacent to an activating group) is 1. The number of hydrogen-bond donors (Lipinski definition) is 1. The Balaban J connectivity index is 1.95. The highest BCUT2D eigenvalue weighted by atomic mass is 32.2. The molecule has 0 spiro atoms. The first-order valence-corrected chi connectivity index (χ1v) is 9.14. The van der Waals surface area contributed by atoms with Crippen LogP contribution in [0, 0.1) is 0 Å². The summed E-state index contributed by atoms with van der Waals surface area (Å²) in [6.07, 6.45) is 1.78. The Hall–Kier alpha value is -2.27. The third-order valence-corrected chi connectivity index (χ3v) is 5.86. The maximum absolute atomic E-state index is 13.1. The van der Waals surface area contributed by atoms with Gasteiger partial charge in [0.05, 0.1) is 5.69 Å². The Kier molecular flexibility index (Phi) is 3.81. The molecule has 1 aromatic carbocycles. The Morgan fingerprint density at radius 3 is 2.79 bits per heavy atom. The highest BCUT2D eigenvalue weighted by molar-refractivity contribution is 8.00. The van der Waals surface area contributed by atoms with Gasteiger partial charge in [-0.1, -0.05) is 18.2 Å². The average Bonchev–Trinajstić information content (AvgIpc) is 3.02. The molecule has 1 aliphatic heterocycles. The molecule has 1 aliphatic rings. The molecule has 0 aliphatic carbocycles. The number of fused-ring (bicyclic) bond motifs is 5. The summed E-state index contributed by atoms with van der Waals surface area (Å²) in [7, 11) is 0. The zero-order valence-corrected chi connectivity index (χ0v) is 14.6. The predicted molar refractivity (Wildman–Crippen MR) is 98.1 cm³/mol. The van der Waals surface area contributed by atoms with E-state index in [0.29, 0.717) is 0 Å². The fourth-order valence-corrected chi connectivity index (χ4v) is 4.68. The molecule has 0 fully saturated rings. The second-order valence-corrected chi connectivity index (χ2v) is 6.96. The van der Waals surface area contributed by atoms with Crippen LogP contribution in [0.4, 0.5) is 0 Å². The maximum atomic E-state index is 13.1. The molecule has 0 saturated carbocycles. The van der Waals surface area contributed by atoms with Crippen molar-refractivity contribution in [3.8, 4) is 11.3 Å². The number of thioether (sulfide) groups is 1. The van der Waals surface area contributed by atoms with Crippen LogP contribution >= 0.6 is 11.8 Å². The molecule has 24 heavy (non-hydrogen) atoms. The van der Waals surface area contributed by atoms with Crippen LogP contribution in [0.25, 0.3) is 22.3 Å². The van der Waals surface area contributed by atoms with Crippen LogP contribution < -0.4 is 0 Å². The molecule has 0 saturated heterocycles. The normalized spacial score (nSPS) is 15.8. The van der Waals surface area contributed by atoms with Gasteiger partial charge in [0, 0.05) is 40.7 Å². The van der Waals surface area contributed by atoms with E-state index in [9.17, 15) is 4.79 Å². The molecule has 1 atom stereocenters. The molecule has 3 heterocycles. The zero-order chi connectivity index (χ0) is 16.7. The number of aromatic amines is 1. The lowest BCUT2D eigenvalue weighted by Crippen LogP contribution is -2.34. The molecule has 1 amide bonds. The third kappa shape index (κ3) is 2.23. The molecule has 1 N–H and O–H groups in total. The predicted octanol–water partition coefficient (Wildman–Crippen LogP) is 4.25. The second kappa shape index (κ2) is 5.98.